The van der Waals surface area contributed by atoms with Crippen molar-refractivity contribution in [3.8, 4) is 0 Å². The van der Waals surface area contributed by atoms with Gasteiger partial charge < -0.3 is 0 Å². The maximum absolute atomic E-state index is 2.35. The molecule has 0 aliphatic carbocycles. The van der Waals surface area contributed by atoms with Gasteiger partial charge in [-0.05, 0) is 6.92 Å². The van der Waals surface area contributed by atoms with E-state index >= 15 is 0 Å². The fourth-order valence-corrected chi connectivity index (χ4v) is 1.50. The van der Waals surface area contributed by atoms with Crippen LogP contribution in [0.25, 0.3) is 0 Å². The van der Waals surface area contributed by atoms with Gasteiger partial charge in [0.15, 0.2) is 0 Å². The average molecular weight is 153 g/mol. The molecule has 1 aromatic rings. The Morgan fingerprint density at radius 3 is 2.45 bits per heavy atom. The quantitative estimate of drug-likeness (QED) is 0.565. The Balaban J connectivity index is 3.15. The summed E-state index contributed by atoms with van der Waals surface area (Å²) in [6, 6.07) is 0. The first-order valence-corrected chi connectivity index (χ1v) is 4.25. The van der Waals surface area contributed by atoms with Crippen LogP contribution in [0.4, 0.5) is 0 Å². The van der Waals surface area contributed by atoms with E-state index in [1.807, 2.05) is 0 Å². The molecule has 11 heavy (non-hydrogen) atoms. The summed E-state index contributed by atoms with van der Waals surface area (Å²) in [4.78, 5) is 0. The Bertz CT molecular complexity index is 248. The van der Waals surface area contributed by atoms with E-state index < -0.39 is 0 Å². The first kappa shape index (κ1) is 8.31. The average Bonchev–Trinajstić information content (AvgIpc) is 2.28. The molecule has 0 aliphatic rings. The second-order valence-corrected chi connectivity index (χ2v) is 2.88. The second kappa shape index (κ2) is 3.07. The molecule has 0 spiro atoms. The predicted molar refractivity (Wildman–Crippen MR) is 45.4 cm³/mol. The van der Waals surface area contributed by atoms with Crippen molar-refractivity contribution in [2.75, 3.05) is 0 Å². The normalized spacial score (nSPS) is 10.5. The third-order valence-electron chi connectivity index (χ3n) is 2.27. The molecule has 1 heterocycles. The molecule has 0 fully saturated rings. The Labute approximate surface area is 68.5 Å². The van der Waals surface area contributed by atoms with Crippen LogP contribution in [0.3, 0.4) is 0 Å². The fourth-order valence-electron chi connectivity index (χ4n) is 1.50. The molecule has 2 heteroatoms. The van der Waals surface area contributed by atoms with Crippen LogP contribution in [0.15, 0.2) is 6.20 Å². The monoisotopic (exact) mass is 153 g/mol. The van der Waals surface area contributed by atoms with Gasteiger partial charge in [-0.1, -0.05) is 6.92 Å². The SMILES string of the molecule is CCc1c[n+](C)c(C)n1CC. The molecule has 0 saturated heterocycles. The highest BCUT2D eigenvalue weighted by Crippen LogP contribution is 2.02. The number of imidazole rings is 1. The van der Waals surface area contributed by atoms with Crippen LogP contribution >= 0.6 is 0 Å². The smallest absolute Gasteiger partial charge is 0.237 e. The topological polar surface area (TPSA) is 8.81 Å². The van der Waals surface area contributed by atoms with E-state index in [1.54, 1.807) is 0 Å². The lowest BCUT2D eigenvalue weighted by molar-refractivity contribution is -0.677. The highest BCUT2D eigenvalue weighted by Gasteiger charge is 2.13. The molecule has 0 saturated carbocycles. The lowest BCUT2D eigenvalue weighted by atomic mass is 10.3. The van der Waals surface area contributed by atoms with Gasteiger partial charge in [-0.15, -0.1) is 0 Å². The van der Waals surface area contributed by atoms with Crippen molar-refractivity contribution < 1.29 is 4.57 Å². The lowest BCUT2D eigenvalue weighted by Gasteiger charge is -1.95. The molecule has 1 rings (SSSR count). The summed E-state index contributed by atoms with van der Waals surface area (Å²) < 4.78 is 4.53. The molecule has 0 bridgehead atoms. The van der Waals surface area contributed by atoms with Crippen LogP contribution < -0.4 is 4.57 Å². The number of hydrogen-bond donors (Lipinski definition) is 0. The molecule has 1 aromatic heterocycles. The van der Waals surface area contributed by atoms with Crippen LogP contribution in [0.1, 0.15) is 25.4 Å². The first-order valence-electron chi connectivity index (χ1n) is 4.25. The minimum Gasteiger partial charge on any atom is -0.237 e. The largest absolute Gasteiger partial charge is 0.253 e. The van der Waals surface area contributed by atoms with E-state index in [1.165, 1.54) is 11.5 Å². The van der Waals surface area contributed by atoms with Gasteiger partial charge >= 0.3 is 0 Å². The summed E-state index contributed by atoms with van der Waals surface area (Å²) in [5.74, 6) is 1.34. The van der Waals surface area contributed by atoms with Crippen LogP contribution in [0.5, 0.6) is 0 Å². The molecule has 0 amide bonds. The van der Waals surface area contributed by atoms with Crippen molar-refractivity contribution in [2.45, 2.75) is 33.7 Å². The second-order valence-electron chi connectivity index (χ2n) is 2.88. The zero-order valence-electron chi connectivity index (χ0n) is 7.89. The Hall–Kier alpha value is -0.790. The highest BCUT2D eigenvalue weighted by molar-refractivity contribution is 4.97. The van der Waals surface area contributed by atoms with Crippen LogP contribution in [0.2, 0.25) is 0 Å². The molecule has 0 aliphatic heterocycles. The number of aromatic nitrogens is 2. The zero-order chi connectivity index (χ0) is 8.43. The van der Waals surface area contributed by atoms with Gasteiger partial charge in [-0.2, -0.15) is 0 Å². The third kappa shape index (κ3) is 1.30. The maximum atomic E-state index is 2.35. The summed E-state index contributed by atoms with van der Waals surface area (Å²) in [6.07, 6.45) is 3.33. The Morgan fingerprint density at radius 1 is 1.45 bits per heavy atom. The molecular weight excluding hydrogens is 136 g/mol. The van der Waals surface area contributed by atoms with E-state index in [4.69, 9.17) is 0 Å². The predicted octanol–water partition coefficient (Wildman–Crippen LogP) is 1.20. The van der Waals surface area contributed by atoms with Crippen molar-refractivity contribution in [3.05, 3.63) is 17.7 Å². The maximum Gasteiger partial charge on any atom is 0.253 e. The number of aryl methyl sites for hydroxylation is 2. The van der Waals surface area contributed by atoms with Gasteiger partial charge in [0.25, 0.3) is 5.82 Å². The van der Waals surface area contributed by atoms with E-state index in [-0.39, 0.29) is 0 Å². The van der Waals surface area contributed by atoms with Crippen molar-refractivity contribution in [3.63, 3.8) is 0 Å². The van der Waals surface area contributed by atoms with Crippen molar-refractivity contribution in [2.24, 2.45) is 7.05 Å². The molecule has 0 atom stereocenters. The van der Waals surface area contributed by atoms with Crippen LogP contribution in [0, 0.1) is 6.92 Å². The molecule has 0 aromatic carbocycles. The van der Waals surface area contributed by atoms with Gasteiger partial charge in [-0.3, -0.25) is 0 Å². The van der Waals surface area contributed by atoms with Gasteiger partial charge in [0.2, 0.25) is 0 Å². The molecule has 0 radical (unpaired) electrons. The van der Waals surface area contributed by atoms with Crippen LogP contribution in [-0.2, 0) is 20.0 Å². The standard InChI is InChI=1S/C9H17N2/c1-5-9-7-10(4)8(3)11(9)6-2/h7H,5-6H2,1-4H3/q+1. The van der Waals surface area contributed by atoms with E-state index in [0.717, 1.165) is 13.0 Å². The van der Waals surface area contributed by atoms with Gasteiger partial charge in [0.1, 0.15) is 11.9 Å². The third-order valence-corrected chi connectivity index (χ3v) is 2.27. The number of rotatable bonds is 2. The van der Waals surface area contributed by atoms with Crippen molar-refractivity contribution in [1.82, 2.24) is 4.57 Å². The first-order chi connectivity index (χ1) is 5.20. The molecular formula is C9H17N2+. The fraction of sp³-hybridized carbons (Fsp3) is 0.667. The zero-order valence-corrected chi connectivity index (χ0v) is 7.89. The van der Waals surface area contributed by atoms with Gasteiger partial charge in [-0.25, -0.2) is 9.13 Å². The number of hydrogen-bond acceptors (Lipinski definition) is 0. The van der Waals surface area contributed by atoms with E-state index in [0.29, 0.717) is 0 Å². The molecule has 0 N–H and O–H groups in total. The van der Waals surface area contributed by atoms with Gasteiger partial charge in [0.05, 0.1) is 13.6 Å². The van der Waals surface area contributed by atoms with Crippen LogP contribution in [-0.4, -0.2) is 4.57 Å². The minimum atomic E-state index is 1.08. The summed E-state index contributed by atoms with van der Waals surface area (Å²) in [5, 5.41) is 0. The van der Waals surface area contributed by atoms with Crippen molar-refractivity contribution in [1.29, 1.82) is 0 Å². The van der Waals surface area contributed by atoms with Gasteiger partial charge in [0, 0.05) is 13.3 Å². The number of nitrogens with zero attached hydrogens (tertiary/aromatic N) is 2. The summed E-state index contributed by atoms with van der Waals surface area (Å²) in [6.45, 7) is 7.62. The highest BCUT2D eigenvalue weighted by atomic mass is 15.1. The van der Waals surface area contributed by atoms with E-state index in [2.05, 4.69) is 43.1 Å². The Kier molecular flexibility index (Phi) is 2.32. The Morgan fingerprint density at radius 2 is 2.09 bits per heavy atom. The molecule has 0 unspecified atom stereocenters. The lowest BCUT2D eigenvalue weighted by Crippen LogP contribution is -2.29. The molecule has 2 nitrogen and oxygen atoms in total. The minimum absolute atomic E-state index is 1.08. The summed E-state index contributed by atoms with van der Waals surface area (Å²) >= 11 is 0. The van der Waals surface area contributed by atoms with Crippen molar-refractivity contribution >= 4 is 0 Å². The molecule has 62 valence electrons. The summed E-state index contributed by atoms with van der Waals surface area (Å²) in [5.41, 5.74) is 1.42. The van der Waals surface area contributed by atoms with E-state index in [9.17, 15) is 0 Å². The summed E-state index contributed by atoms with van der Waals surface area (Å²) in [7, 11) is 2.10.